The summed E-state index contributed by atoms with van der Waals surface area (Å²) < 4.78 is 1.86. The smallest absolute Gasteiger partial charge is 0.278 e. The van der Waals surface area contributed by atoms with Crippen molar-refractivity contribution in [3.05, 3.63) is 86.8 Å². The van der Waals surface area contributed by atoms with Gasteiger partial charge in [0.25, 0.3) is 5.56 Å². The van der Waals surface area contributed by atoms with Crippen molar-refractivity contribution in [2.75, 3.05) is 5.32 Å². The normalized spacial score (nSPS) is 10.7. The molecular formula is C22H22ClN3O2. The largest absolute Gasteiger partial charge is 0.325 e. The number of hydrogen-bond acceptors (Lipinski definition) is 4. The van der Waals surface area contributed by atoms with Crippen LogP contribution in [0.2, 0.25) is 5.02 Å². The van der Waals surface area contributed by atoms with E-state index in [0.717, 1.165) is 16.8 Å². The van der Waals surface area contributed by atoms with Crippen molar-refractivity contribution < 1.29 is 4.79 Å². The molecule has 3 rings (SSSR count). The molecule has 1 N–H and O–H groups in total. The molecule has 0 amide bonds. The van der Waals surface area contributed by atoms with Crippen molar-refractivity contribution in [1.29, 1.82) is 0 Å². The fraction of sp³-hybridized carbons (Fsp3) is 0.227. The Labute approximate surface area is 169 Å². The van der Waals surface area contributed by atoms with Crippen LogP contribution in [-0.4, -0.2) is 15.3 Å². The summed E-state index contributed by atoms with van der Waals surface area (Å²) >= 11 is 6.21. The molecule has 0 aliphatic carbocycles. The minimum absolute atomic E-state index is 0.0107. The molecule has 3 aromatic rings. The Hall–Kier alpha value is -2.92. The van der Waals surface area contributed by atoms with Gasteiger partial charge >= 0.3 is 0 Å². The number of hydrogen-bond donors (Lipinski definition) is 1. The summed E-state index contributed by atoms with van der Waals surface area (Å²) in [6.07, 6.45) is 2.20. The van der Waals surface area contributed by atoms with Gasteiger partial charge in [0.2, 0.25) is 5.95 Å². The summed E-state index contributed by atoms with van der Waals surface area (Å²) in [5.41, 5.74) is 2.71. The SMILES string of the molecule is CCC(=O)Cc1cn(Cc2ccccc2)c(Nc2cccc(Cl)c2C)nc1=O. The zero-order chi connectivity index (χ0) is 20.1. The highest BCUT2D eigenvalue weighted by Crippen LogP contribution is 2.25. The van der Waals surface area contributed by atoms with E-state index in [0.29, 0.717) is 29.5 Å². The van der Waals surface area contributed by atoms with Crippen LogP contribution in [0.15, 0.2) is 59.5 Å². The second kappa shape index (κ2) is 8.85. The zero-order valence-corrected chi connectivity index (χ0v) is 16.7. The number of aromatic nitrogens is 2. The average molecular weight is 396 g/mol. The average Bonchev–Trinajstić information content (AvgIpc) is 2.69. The van der Waals surface area contributed by atoms with Crippen molar-refractivity contribution in [2.24, 2.45) is 0 Å². The molecular weight excluding hydrogens is 374 g/mol. The Balaban J connectivity index is 2.03. The molecule has 0 saturated carbocycles. The highest BCUT2D eigenvalue weighted by molar-refractivity contribution is 6.31. The van der Waals surface area contributed by atoms with Gasteiger partial charge in [-0.1, -0.05) is 54.9 Å². The molecule has 0 saturated heterocycles. The number of rotatable bonds is 7. The highest BCUT2D eigenvalue weighted by Gasteiger charge is 2.13. The topological polar surface area (TPSA) is 64.0 Å². The third kappa shape index (κ3) is 4.67. The van der Waals surface area contributed by atoms with Crippen LogP contribution < -0.4 is 10.9 Å². The molecule has 6 heteroatoms. The van der Waals surface area contributed by atoms with Gasteiger partial charge in [-0.25, -0.2) is 0 Å². The van der Waals surface area contributed by atoms with E-state index >= 15 is 0 Å². The van der Waals surface area contributed by atoms with Gasteiger partial charge in [0, 0.05) is 35.3 Å². The molecule has 0 unspecified atom stereocenters. The molecule has 2 aromatic carbocycles. The lowest BCUT2D eigenvalue weighted by Crippen LogP contribution is -2.23. The van der Waals surface area contributed by atoms with Crippen LogP contribution in [0.25, 0.3) is 0 Å². The van der Waals surface area contributed by atoms with Gasteiger partial charge in [-0.2, -0.15) is 4.98 Å². The van der Waals surface area contributed by atoms with Gasteiger partial charge in [0.05, 0.1) is 6.54 Å². The Kier molecular flexibility index (Phi) is 6.26. The van der Waals surface area contributed by atoms with Gasteiger partial charge < -0.3 is 9.88 Å². The molecule has 0 atom stereocenters. The number of ketones is 1. The van der Waals surface area contributed by atoms with E-state index in [-0.39, 0.29) is 12.2 Å². The number of carbonyl (C=O) groups is 1. The van der Waals surface area contributed by atoms with E-state index in [4.69, 9.17) is 11.6 Å². The molecule has 0 radical (unpaired) electrons. The van der Waals surface area contributed by atoms with Crippen LogP contribution in [0.5, 0.6) is 0 Å². The van der Waals surface area contributed by atoms with Gasteiger partial charge in [-0.05, 0) is 30.2 Å². The molecule has 0 spiro atoms. The van der Waals surface area contributed by atoms with E-state index in [9.17, 15) is 9.59 Å². The maximum Gasteiger partial charge on any atom is 0.278 e. The predicted octanol–water partition coefficient (Wildman–Crippen LogP) is 4.52. The van der Waals surface area contributed by atoms with Crippen LogP contribution >= 0.6 is 11.6 Å². The fourth-order valence-corrected chi connectivity index (χ4v) is 3.03. The summed E-state index contributed by atoms with van der Waals surface area (Å²) in [4.78, 5) is 28.6. The fourth-order valence-electron chi connectivity index (χ4n) is 2.86. The van der Waals surface area contributed by atoms with E-state index in [1.807, 2.05) is 60.0 Å². The van der Waals surface area contributed by atoms with E-state index in [1.54, 1.807) is 13.1 Å². The van der Waals surface area contributed by atoms with E-state index in [2.05, 4.69) is 10.3 Å². The Morgan fingerprint density at radius 3 is 2.61 bits per heavy atom. The molecule has 0 bridgehead atoms. The number of Topliss-reactive ketones (excluding diaryl/α,β-unsaturated/α-hetero) is 1. The summed E-state index contributed by atoms with van der Waals surface area (Å²) in [5.74, 6) is 0.420. The van der Waals surface area contributed by atoms with Gasteiger partial charge in [-0.3, -0.25) is 9.59 Å². The second-order valence-corrected chi connectivity index (χ2v) is 7.02. The minimum Gasteiger partial charge on any atom is -0.325 e. The third-order valence-corrected chi connectivity index (χ3v) is 4.97. The Bertz CT molecular complexity index is 1050. The maximum atomic E-state index is 12.5. The second-order valence-electron chi connectivity index (χ2n) is 6.61. The van der Waals surface area contributed by atoms with E-state index < -0.39 is 5.56 Å². The van der Waals surface area contributed by atoms with Crippen molar-refractivity contribution in [2.45, 2.75) is 33.2 Å². The number of nitrogens with zero attached hydrogens (tertiary/aromatic N) is 2. The lowest BCUT2D eigenvalue weighted by Gasteiger charge is -2.17. The van der Waals surface area contributed by atoms with Crippen LogP contribution in [0.3, 0.4) is 0 Å². The first-order chi connectivity index (χ1) is 13.5. The monoisotopic (exact) mass is 395 g/mol. The van der Waals surface area contributed by atoms with Crippen LogP contribution in [0.4, 0.5) is 11.6 Å². The predicted molar refractivity (Wildman–Crippen MR) is 113 cm³/mol. The molecule has 144 valence electrons. The lowest BCUT2D eigenvalue weighted by molar-refractivity contribution is -0.118. The molecule has 5 nitrogen and oxygen atoms in total. The number of benzene rings is 2. The molecule has 28 heavy (non-hydrogen) atoms. The van der Waals surface area contributed by atoms with E-state index in [1.165, 1.54) is 0 Å². The Morgan fingerprint density at radius 1 is 1.14 bits per heavy atom. The van der Waals surface area contributed by atoms with Crippen molar-refractivity contribution in [3.8, 4) is 0 Å². The van der Waals surface area contributed by atoms with Crippen molar-refractivity contribution in [1.82, 2.24) is 9.55 Å². The molecule has 1 aromatic heterocycles. The number of nitrogens with one attached hydrogen (secondary N) is 1. The molecule has 0 aliphatic heterocycles. The van der Waals surface area contributed by atoms with Gasteiger partial charge in [0.1, 0.15) is 5.78 Å². The summed E-state index contributed by atoms with van der Waals surface area (Å²) in [5, 5.41) is 3.85. The van der Waals surface area contributed by atoms with Crippen molar-refractivity contribution in [3.63, 3.8) is 0 Å². The number of carbonyl (C=O) groups excluding carboxylic acids is 1. The standard InChI is InChI=1S/C22H22ClN3O2/c1-3-18(27)12-17-14-26(13-16-8-5-4-6-9-16)22(25-21(17)28)24-20-11-7-10-19(23)15(20)2/h4-11,14H,3,12-13H2,1-2H3,(H,24,25,28). The van der Waals surface area contributed by atoms with Crippen LogP contribution in [0.1, 0.15) is 30.0 Å². The first kappa shape index (κ1) is 19.8. The van der Waals surface area contributed by atoms with Crippen molar-refractivity contribution >= 4 is 29.0 Å². The Morgan fingerprint density at radius 2 is 1.89 bits per heavy atom. The highest BCUT2D eigenvalue weighted by atomic mass is 35.5. The molecule has 0 aliphatic rings. The first-order valence-corrected chi connectivity index (χ1v) is 9.54. The third-order valence-electron chi connectivity index (χ3n) is 4.56. The maximum absolute atomic E-state index is 12.5. The summed E-state index contributed by atoms with van der Waals surface area (Å²) in [6, 6.07) is 15.4. The molecule has 1 heterocycles. The summed E-state index contributed by atoms with van der Waals surface area (Å²) in [6.45, 7) is 4.21. The zero-order valence-electron chi connectivity index (χ0n) is 15.9. The van der Waals surface area contributed by atoms with Crippen LogP contribution in [0, 0.1) is 6.92 Å². The number of anilines is 2. The van der Waals surface area contributed by atoms with Crippen LogP contribution in [-0.2, 0) is 17.8 Å². The number of halogens is 1. The van der Waals surface area contributed by atoms with Gasteiger partial charge in [0.15, 0.2) is 0 Å². The molecule has 0 fully saturated rings. The minimum atomic E-state index is -0.395. The lowest BCUT2D eigenvalue weighted by atomic mass is 10.1. The quantitative estimate of drug-likeness (QED) is 0.638. The first-order valence-electron chi connectivity index (χ1n) is 9.16. The summed E-state index contributed by atoms with van der Waals surface area (Å²) in [7, 11) is 0. The van der Waals surface area contributed by atoms with Gasteiger partial charge in [-0.15, -0.1) is 0 Å².